The van der Waals surface area contributed by atoms with E-state index in [9.17, 15) is 9.18 Å². The highest BCUT2D eigenvalue weighted by Gasteiger charge is 2.24. The number of aromatic nitrogens is 1. The molecule has 4 nitrogen and oxygen atoms in total. The first-order valence-electron chi connectivity index (χ1n) is 9.66. The molecule has 2 N–H and O–H groups in total. The van der Waals surface area contributed by atoms with Crippen LogP contribution in [0, 0.1) is 18.7 Å². The first kappa shape index (κ1) is 18.9. The van der Waals surface area contributed by atoms with Gasteiger partial charge >= 0.3 is 0 Å². The number of hydrogen-bond donors (Lipinski definition) is 2. The fourth-order valence-electron chi connectivity index (χ4n) is 3.07. The molecule has 0 spiro atoms. The Labute approximate surface area is 168 Å². The average Bonchev–Trinajstić information content (AvgIpc) is 3.37. The third-order valence-corrected chi connectivity index (χ3v) is 5.86. The molecule has 3 aromatic rings. The van der Waals surface area contributed by atoms with Crippen LogP contribution in [0.4, 0.5) is 9.52 Å². The number of amides is 1. The third-order valence-electron chi connectivity index (χ3n) is 4.88. The summed E-state index contributed by atoms with van der Waals surface area (Å²) in [6.07, 6.45) is 2.00. The van der Waals surface area contributed by atoms with Crippen LogP contribution in [0.1, 0.15) is 42.6 Å². The Morgan fingerprint density at radius 2 is 2.07 bits per heavy atom. The standard InChI is InChI=1S/C22H24FN3OS/c1-12(2)11-24-22-26-19-7-4-14(10-20(19)28-22)17-8-15(9-18(23)13(17)3)21(27)25-16-5-6-16/h4,7-10,12,16H,5-6,11H2,1-3H3,(H,24,26)(H,25,27). The van der Waals surface area contributed by atoms with Crippen molar-refractivity contribution < 1.29 is 9.18 Å². The van der Waals surface area contributed by atoms with Crippen molar-refractivity contribution in [1.82, 2.24) is 10.3 Å². The molecule has 0 atom stereocenters. The predicted octanol–water partition coefficient (Wildman–Crippen LogP) is 5.37. The summed E-state index contributed by atoms with van der Waals surface area (Å²) in [4.78, 5) is 17.0. The van der Waals surface area contributed by atoms with Crippen molar-refractivity contribution >= 4 is 32.6 Å². The quantitative estimate of drug-likeness (QED) is 0.588. The number of carbonyl (C=O) groups excluding carboxylic acids is 1. The van der Waals surface area contributed by atoms with Crippen molar-refractivity contribution in [2.24, 2.45) is 5.92 Å². The monoisotopic (exact) mass is 397 g/mol. The fourth-order valence-corrected chi connectivity index (χ4v) is 3.98. The highest BCUT2D eigenvalue weighted by atomic mass is 32.1. The molecule has 2 aromatic carbocycles. The molecule has 4 rings (SSSR count). The van der Waals surface area contributed by atoms with Gasteiger partial charge in [0.05, 0.1) is 10.2 Å². The van der Waals surface area contributed by atoms with E-state index in [4.69, 9.17) is 0 Å². The number of carbonyl (C=O) groups is 1. The first-order valence-corrected chi connectivity index (χ1v) is 10.5. The second-order valence-corrected chi connectivity index (χ2v) is 8.89. The predicted molar refractivity (Wildman–Crippen MR) is 114 cm³/mol. The van der Waals surface area contributed by atoms with E-state index in [0.29, 0.717) is 17.0 Å². The van der Waals surface area contributed by atoms with Gasteiger partial charge in [-0.1, -0.05) is 31.3 Å². The molecule has 146 valence electrons. The molecule has 1 fully saturated rings. The molecule has 28 heavy (non-hydrogen) atoms. The molecule has 1 aliphatic carbocycles. The lowest BCUT2D eigenvalue weighted by Gasteiger charge is -2.11. The van der Waals surface area contributed by atoms with Crippen LogP contribution in [0.3, 0.4) is 0 Å². The summed E-state index contributed by atoms with van der Waals surface area (Å²) in [5.41, 5.74) is 3.47. The van der Waals surface area contributed by atoms with Gasteiger partial charge < -0.3 is 10.6 Å². The van der Waals surface area contributed by atoms with E-state index in [1.807, 2.05) is 18.2 Å². The van der Waals surface area contributed by atoms with Gasteiger partial charge in [-0.05, 0) is 66.6 Å². The first-order chi connectivity index (χ1) is 13.4. The number of benzene rings is 2. The molecular formula is C22H24FN3OS. The number of nitrogens with one attached hydrogen (secondary N) is 2. The van der Waals surface area contributed by atoms with Gasteiger partial charge in [0.1, 0.15) is 5.82 Å². The number of thiazole rings is 1. The van der Waals surface area contributed by atoms with Crippen LogP contribution in [0.25, 0.3) is 21.3 Å². The average molecular weight is 398 g/mol. The molecule has 0 aliphatic heterocycles. The Morgan fingerprint density at radius 3 is 2.79 bits per heavy atom. The van der Waals surface area contributed by atoms with E-state index in [1.165, 1.54) is 6.07 Å². The van der Waals surface area contributed by atoms with E-state index in [0.717, 1.165) is 45.9 Å². The Kier molecular flexibility index (Phi) is 5.06. The molecule has 1 amide bonds. The Morgan fingerprint density at radius 1 is 1.29 bits per heavy atom. The van der Waals surface area contributed by atoms with E-state index in [2.05, 4.69) is 29.5 Å². The van der Waals surface area contributed by atoms with Gasteiger partial charge in [0.15, 0.2) is 5.13 Å². The van der Waals surface area contributed by atoms with Gasteiger partial charge in [-0.25, -0.2) is 9.37 Å². The number of hydrogen-bond acceptors (Lipinski definition) is 4. The minimum Gasteiger partial charge on any atom is -0.361 e. The van der Waals surface area contributed by atoms with Crippen LogP contribution in [-0.2, 0) is 0 Å². The molecule has 1 aliphatic rings. The zero-order valence-electron chi connectivity index (χ0n) is 16.3. The second kappa shape index (κ2) is 7.51. The van der Waals surface area contributed by atoms with E-state index < -0.39 is 0 Å². The van der Waals surface area contributed by atoms with Crippen LogP contribution < -0.4 is 10.6 Å². The van der Waals surface area contributed by atoms with Gasteiger partial charge in [-0.3, -0.25) is 4.79 Å². The van der Waals surface area contributed by atoms with Crippen molar-refractivity contribution in [3.63, 3.8) is 0 Å². The highest BCUT2D eigenvalue weighted by Crippen LogP contribution is 2.33. The largest absolute Gasteiger partial charge is 0.361 e. The molecule has 1 saturated carbocycles. The van der Waals surface area contributed by atoms with Crippen LogP contribution in [0.15, 0.2) is 30.3 Å². The van der Waals surface area contributed by atoms with Crippen molar-refractivity contribution in [3.05, 3.63) is 47.3 Å². The second-order valence-electron chi connectivity index (χ2n) is 7.85. The molecule has 0 unspecified atom stereocenters. The summed E-state index contributed by atoms with van der Waals surface area (Å²) < 4.78 is 15.6. The minimum atomic E-state index is -0.359. The lowest BCUT2D eigenvalue weighted by Crippen LogP contribution is -2.25. The normalized spacial score (nSPS) is 13.9. The number of halogens is 1. The Balaban J connectivity index is 1.67. The maximum atomic E-state index is 14.5. The van der Waals surface area contributed by atoms with Crippen LogP contribution in [0.5, 0.6) is 0 Å². The van der Waals surface area contributed by atoms with Gasteiger partial charge in [0, 0.05) is 18.2 Å². The zero-order chi connectivity index (χ0) is 19.8. The smallest absolute Gasteiger partial charge is 0.251 e. The van der Waals surface area contributed by atoms with Crippen LogP contribution in [-0.4, -0.2) is 23.5 Å². The van der Waals surface area contributed by atoms with Crippen molar-refractivity contribution in [2.75, 3.05) is 11.9 Å². The van der Waals surface area contributed by atoms with E-state index in [1.54, 1.807) is 24.3 Å². The third kappa shape index (κ3) is 4.02. The zero-order valence-corrected chi connectivity index (χ0v) is 17.1. The number of nitrogens with zero attached hydrogens (tertiary/aromatic N) is 1. The molecule has 0 bridgehead atoms. The number of rotatable bonds is 6. The summed E-state index contributed by atoms with van der Waals surface area (Å²) in [5, 5.41) is 7.18. The molecule has 1 aromatic heterocycles. The van der Waals surface area contributed by atoms with E-state index >= 15 is 0 Å². The molecule has 1 heterocycles. The lowest BCUT2D eigenvalue weighted by atomic mass is 9.97. The Hall–Kier alpha value is -2.47. The van der Waals surface area contributed by atoms with Crippen LogP contribution >= 0.6 is 11.3 Å². The SMILES string of the molecule is Cc1c(F)cc(C(=O)NC2CC2)cc1-c1ccc2nc(NCC(C)C)sc2c1. The van der Waals surface area contributed by atoms with E-state index in [-0.39, 0.29) is 17.8 Å². The lowest BCUT2D eigenvalue weighted by molar-refractivity contribution is 0.0950. The summed E-state index contributed by atoms with van der Waals surface area (Å²) >= 11 is 1.59. The summed E-state index contributed by atoms with van der Waals surface area (Å²) in [6, 6.07) is 9.28. The molecule has 6 heteroatoms. The highest BCUT2D eigenvalue weighted by molar-refractivity contribution is 7.22. The maximum absolute atomic E-state index is 14.5. The summed E-state index contributed by atoms with van der Waals surface area (Å²) in [6.45, 7) is 6.93. The van der Waals surface area contributed by atoms with Crippen molar-refractivity contribution in [3.8, 4) is 11.1 Å². The maximum Gasteiger partial charge on any atom is 0.251 e. The molecular weight excluding hydrogens is 373 g/mol. The topological polar surface area (TPSA) is 54.0 Å². The number of anilines is 1. The van der Waals surface area contributed by atoms with Crippen molar-refractivity contribution in [1.29, 1.82) is 0 Å². The van der Waals surface area contributed by atoms with Gasteiger partial charge in [0.2, 0.25) is 0 Å². The van der Waals surface area contributed by atoms with Gasteiger partial charge in [-0.2, -0.15) is 0 Å². The fraction of sp³-hybridized carbons (Fsp3) is 0.364. The number of fused-ring (bicyclic) bond motifs is 1. The van der Waals surface area contributed by atoms with Gasteiger partial charge in [-0.15, -0.1) is 0 Å². The van der Waals surface area contributed by atoms with Gasteiger partial charge in [0.25, 0.3) is 5.91 Å². The summed E-state index contributed by atoms with van der Waals surface area (Å²) in [5.74, 6) is -0.0263. The van der Waals surface area contributed by atoms with Crippen molar-refractivity contribution in [2.45, 2.75) is 39.7 Å². The molecule has 0 radical (unpaired) electrons. The Bertz CT molecular complexity index is 1040. The molecule has 0 saturated heterocycles. The minimum absolute atomic E-state index is 0.207. The van der Waals surface area contributed by atoms with Crippen LogP contribution in [0.2, 0.25) is 0 Å². The summed E-state index contributed by atoms with van der Waals surface area (Å²) in [7, 11) is 0.